The van der Waals surface area contributed by atoms with Gasteiger partial charge >= 0.3 is 0 Å². The molecule has 9 heteroatoms. The Morgan fingerprint density at radius 2 is 1.89 bits per heavy atom. The lowest BCUT2D eigenvalue weighted by atomic mass is 10.0. The van der Waals surface area contributed by atoms with Crippen molar-refractivity contribution in [3.05, 3.63) is 62.0 Å². The van der Waals surface area contributed by atoms with Crippen LogP contribution in [-0.2, 0) is 4.79 Å². The molecule has 6 nitrogen and oxygen atoms in total. The Hall–Kier alpha value is -2.09. The first-order valence-corrected chi connectivity index (χ1v) is 9.81. The molecule has 0 fully saturated rings. The average molecular weight is 487 g/mol. The lowest BCUT2D eigenvalue weighted by Gasteiger charge is -2.20. The Balaban J connectivity index is 2.08. The van der Waals surface area contributed by atoms with Gasteiger partial charge in [0, 0.05) is 15.1 Å². The summed E-state index contributed by atoms with van der Waals surface area (Å²) in [5, 5.41) is 16.9. The largest absolute Gasteiger partial charge is 0.507 e. The number of carbonyl (C=O) groups is 2. The summed E-state index contributed by atoms with van der Waals surface area (Å²) in [7, 11) is 0. The fourth-order valence-electron chi connectivity index (χ4n) is 2.29. The zero-order valence-electron chi connectivity index (χ0n) is 15.0. The number of hydrazone groups is 1. The van der Waals surface area contributed by atoms with Crippen LogP contribution >= 0.6 is 39.1 Å². The number of carbonyl (C=O) groups excluding carboxylic acids is 2. The highest BCUT2D eigenvalue weighted by atomic mass is 79.9. The Labute approximate surface area is 181 Å². The lowest BCUT2D eigenvalue weighted by molar-refractivity contribution is -0.123. The summed E-state index contributed by atoms with van der Waals surface area (Å²) in [5.41, 5.74) is 3.01. The van der Waals surface area contributed by atoms with E-state index >= 15 is 0 Å². The first-order valence-electron chi connectivity index (χ1n) is 8.26. The quantitative estimate of drug-likeness (QED) is 0.418. The molecule has 2 rings (SSSR count). The third-order valence-corrected chi connectivity index (χ3v) is 4.82. The topological polar surface area (TPSA) is 90.8 Å². The Bertz CT molecular complexity index is 919. The van der Waals surface area contributed by atoms with Crippen molar-refractivity contribution in [1.29, 1.82) is 0 Å². The van der Waals surface area contributed by atoms with Gasteiger partial charge in [-0.2, -0.15) is 5.10 Å². The Morgan fingerprint density at radius 1 is 1.18 bits per heavy atom. The van der Waals surface area contributed by atoms with Crippen LogP contribution in [0.3, 0.4) is 0 Å². The van der Waals surface area contributed by atoms with E-state index < -0.39 is 17.9 Å². The van der Waals surface area contributed by atoms with Gasteiger partial charge in [0.15, 0.2) is 0 Å². The normalized spacial score (nSPS) is 12.2. The van der Waals surface area contributed by atoms with Crippen LogP contribution in [0.2, 0.25) is 10.0 Å². The van der Waals surface area contributed by atoms with Crippen LogP contribution < -0.4 is 10.7 Å². The molecule has 0 aliphatic rings. The van der Waals surface area contributed by atoms with Crippen molar-refractivity contribution in [2.75, 3.05) is 0 Å². The third kappa shape index (κ3) is 5.95. The van der Waals surface area contributed by atoms with Crippen LogP contribution in [0.4, 0.5) is 0 Å². The first kappa shape index (κ1) is 22.2. The predicted molar refractivity (Wildman–Crippen MR) is 114 cm³/mol. The van der Waals surface area contributed by atoms with Crippen molar-refractivity contribution in [1.82, 2.24) is 10.7 Å². The molecule has 1 unspecified atom stereocenters. The molecule has 3 N–H and O–H groups in total. The zero-order chi connectivity index (χ0) is 20.8. The van der Waals surface area contributed by atoms with Gasteiger partial charge in [-0.05, 0) is 42.3 Å². The molecule has 0 radical (unpaired) electrons. The number of halogens is 3. The summed E-state index contributed by atoms with van der Waals surface area (Å²) in [6.07, 6.45) is 1.31. The molecule has 0 aliphatic heterocycles. The molecule has 0 saturated heterocycles. The number of phenolic OH excluding ortho intramolecular Hbond substituents is 1. The van der Waals surface area contributed by atoms with Crippen LogP contribution in [0.15, 0.2) is 46.0 Å². The second-order valence-corrected chi connectivity index (χ2v) is 8.02. The molecule has 2 aromatic carbocycles. The van der Waals surface area contributed by atoms with Crippen molar-refractivity contribution in [3.8, 4) is 5.75 Å². The number of amides is 2. The number of benzene rings is 2. The van der Waals surface area contributed by atoms with Gasteiger partial charge in [-0.25, -0.2) is 5.43 Å². The highest BCUT2D eigenvalue weighted by Crippen LogP contribution is 2.21. The summed E-state index contributed by atoms with van der Waals surface area (Å²) in [5.74, 6) is -1.18. The summed E-state index contributed by atoms with van der Waals surface area (Å²) in [4.78, 5) is 24.9. The van der Waals surface area contributed by atoms with Gasteiger partial charge < -0.3 is 10.4 Å². The number of rotatable bonds is 6. The molecule has 0 aromatic heterocycles. The Kier molecular flexibility index (Phi) is 7.86. The molecule has 0 heterocycles. The second-order valence-electron chi connectivity index (χ2n) is 6.26. The fraction of sp³-hybridized carbons (Fsp3) is 0.211. The molecular formula is C19H18BrCl2N3O3. The van der Waals surface area contributed by atoms with Gasteiger partial charge in [0.1, 0.15) is 11.8 Å². The SMILES string of the molecule is CC(C)C(NC(=O)c1ccc(Cl)cc1Cl)C(=O)NN=Cc1cc(Br)ccc1O. The van der Waals surface area contributed by atoms with Crippen molar-refractivity contribution < 1.29 is 14.7 Å². The maximum Gasteiger partial charge on any atom is 0.262 e. The van der Waals surface area contributed by atoms with E-state index in [2.05, 4.69) is 31.8 Å². The van der Waals surface area contributed by atoms with E-state index in [4.69, 9.17) is 23.2 Å². The molecule has 0 spiro atoms. The van der Waals surface area contributed by atoms with Gasteiger partial charge in [0.05, 0.1) is 16.8 Å². The number of nitrogens with zero attached hydrogens (tertiary/aromatic N) is 1. The molecule has 0 saturated carbocycles. The van der Waals surface area contributed by atoms with Crippen molar-refractivity contribution in [3.63, 3.8) is 0 Å². The van der Waals surface area contributed by atoms with Crippen LogP contribution in [0.25, 0.3) is 0 Å². The summed E-state index contributed by atoms with van der Waals surface area (Å²) in [6.45, 7) is 3.58. The van der Waals surface area contributed by atoms with Crippen molar-refractivity contribution >= 4 is 57.2 Å². The number of hydrogen-bond acceptors (Lipinski definition) is 4. The minimum atomic E-state index is -0.840. The molecule has 1 atom stereocenters. The number of hydrogen-bond donors (Lipinski definition) is 3. The standard InChI is InChI=1S/C19H18BrCl2N3O3/c1-10(2)17(24-18(27)14-5-4-13(21)8-15(14)22)19(28)25-23-9-11-7-12(20)3-6-16(11)26/h3-10,17,26H,1-2H3,(H,24,27)(H,25,28). The van der Waals surface area contributed by atoms with E-state index in [0.717, 1.165) is 4.47 Å². The molecule has 0 aliphatic carbocycles. The summed E-state index contributed by atoms with van der Waals surface area (Å²) in [6, 6.07) is 8.47. The maximum absolute atomic E-state index is 12.5. The van der Waals surface area contributed by atoms with Crippen molar-refractivity contribution in [2.24, 2.45) is 11.0 Å². The van der Waals surface area contributed by atoms with Crippen LogP contribution in [0, 0.1) is 5.92 Å². The molecule has 0 bridgehead atoms. The minimum absolute atomic E-state index is 0.0206. The van der Waals surface area contributed by atoms with Gasteiger partial charge in [-0.15, -0.1) is 0 Å². The second kappa shape index (κ2) is 9.91. The van der Waals surface area contributed by atoms with Crippen LogP contribution in [0.1, 0.15) is 29.8 Å². The van der Waals surface area contributed by atoms with Gasteiger partial charge in [-0.3, -0.25) is 9.59 Å². The summed E-state index contributed by atoms with van der Waals surface area (Å²) < 4.78 is 0.755. The van der Waals surface area contributed by atoms with E-state index in [9.17, 15) is 14.7 Å². The van der Waals surface area contributed by atoms with Crippen LogP contribution in [0.5, 0.6) is 5.75 Å². The first-order chi connectivity index (χ1) is 13.2. The van der Waals surface area contributed by atoms with E-state index in [-0.39, 0.29) is 22.3 Å². The third-order valence-electron chi connectivity index (χ3n) is 3.78. The molecule has 28 heavy (non-hydrogen) atoms. The Morgan fingerprint density at radius 3 is 2.54 bits per heavy atom. The minimum Gasteiger partial charge on any atom is -0.507 e. The van der Waals surface area contributed by atoms with Gasteiger partial charge in [0.25, 0.3) is 11.8 Å². The number of nitrogens with one attached hydrogen (secondary N) is 2. The lowest BCUT2D eigenvalue weighted by Crippen LogP contribution is -2.48. The highest BCUT2D eigenvalue weighted by molar-refractivity contribution is 9.10. The molecule has 2 amide bonds. The van der Waals surface area contributed by atoms with E-state index in [1.165, 1.54) is 24.4 Å². The smallest absolute Gasteiger partial charge is 0.262 e. The van der Waals surface area contributed by atoms with Gasteiger partial charge in [-0.1, -0.05) is 53.0 Å². The van der Waals surface area contributed by atoms with Gasteiger partial charge in [0.2, 0.25) is 0 Å². The summed E-state index contributed by atoms with van der Waals surface area (Å²) >= 11 is 15.2. The number of phenols is 1. The van der Waals surface area contributed by atoms with E-state index in [0.29, 0.717) is 10.6 Å². The molecule has 148 valence electrons. The molecular weight excluding hydrogens is 469 g/mol. The van der Waals surface area contributed by atoms with Crippen LogP contribution in [-0.4, -0.2) is 29.2 Å². The zero-order valence-corrected chi connectivity index (χ0v) is 18.1. The van der Waals surface area contributed by atoms with Crippen molar-refractivity contribution in [2.45, 2.75) is 19.9 Å². The average Bonchev–Trinajstić information content (AvgIpc) is 2.62. The monoisotopic (exact) mass is 485 g/mol. The number of aromatic hydroxyl groups is 1. The predicted octanol–water partition coefficient (Wildman–Crippen LogP) is 4.37. The molecule has 2 aromatic rings. The fourth-order valence-corrected chi connectivity index (χ4v) is 3.16. The van der Waals surface area contributed by atoms with E-state index in [1.807, 2.05) is 0 Å². The maximum atomic E-state index is 12.5. The highest BCUT2D eigenvalue weighted by Gasteiger charge is 2.25. The van der Waals surface area contributed by atoms with E-state index in [1.54, 1.807) is 32.0 Å².